The normalized spacial score (nSPS) is 23.5. The minimum atomic E-state index is -4.46. The van der Waals surface area contributed by atoms with Gasteiger partial charge < -0.3 is 23.6 Å². The topological polar surface area (TPSA) is 171 Å². The van der Waals surface area contributed by atoms with Crippen molar-refractivity contribution in [2.24, 2.45) is 0 Å². The molecule has 1 aromatic carbocycles. The van der Waals surface area contributed by atoms with Crippen LogP contribution in [0.15, 0.2) is 69.8 Å². The molecule has 0 aliphatic carbocycles. The number of aliphatic hydroxyl groups excluding tert-OH is 1. The lowest BCUT2D eigenvalue weighted by atomic mass is 10.0. The number of H-pyrrole nitrogens is 1. The molecule has 0 radical (unpaired) electrons. The maximum absolute atomic E-state index is 15.5. The zero-order chi connectivity index (χ0) is 29.9. The highest BCUT2D eigenvalue weighted by molar-refractivity contribution is 7.52. The van der Waals surface area contributed by atoms with Crippen molar-refractivity contribution >= 4 is 25.1 Å². The summed E-state index contributed by atoms with van der Waals surface area (Å²) < 4.78 is 51.7. The number of thiazole rings is 1. The van der Waals surface area contributed by atoms with E-state index in [4.69, 9.17) is 18.5 Å². The molecule has 2 aromatic heterocycles. The zero-order valence-corrected chi connectivity index (χ0v) is 24.1. The number of aromatic amines is 1. The van der Waals surface area contributed by atoms with Gasteiger partial charge in [0.15, 0.2) is 17.5 Å². The van der Waals surface area contributed by atoms with E-state index < -0.39 is 60.9 Å². The van der Waals surface area contributed by atoms with Gasteiger partial charge >= 0.3 is 19.4 Å². The van der Waals surface area contributed by atoms with Gasteiger partial charge in [-0.2, -0.15) is 5.09 Å². The van der Waals surface area contributed by atoms with E-state index in [0.29, 0.717) is 6.26 Å². The number of esters is 1. The summed E-state index contributed by atoms with van der Waals surface area (Å²) in [6, 6.07) is 6.26. The van der Waals surface area contributed by atoms with Crippen LogP contribution < -0.4 is 20.9 Å². The summed E-state index contributed by atoms with van der Waals surface area (Å²) in [5, 5.41) is 13.1. The van der Waals surface area contributed by atoms with Crippen LogP contribution in [0.2, 0.25) is 0 Å². The molecule has 4 rings (SSSR count). The predicted octanol–water partition coefficient (Wildman–Crippen LogP) is 3.25. The first kappa shape index (κ1) is 30.2. The average Bonchev–Trinajstić information content (AvgIpc) is 3.51. The van der Waals surface area contributed by atoms with Crippen molar-refractivity contribution in [1.82, 2.24) is 19.6 Å². The van der Waals surface area contributed by atoms with Gasteiger partial charge in [-0.05, 0) is 57.5 Å². The van der Waals surface area contributed by atoms with E-state index in [0.717, 1.165) is 34.2 Å². The summed E-state index contributed by atoms with van der Waals surface area (Å²) in [7, 11) is -4.46. The van der Waals surface area contributed by atoms with Crippen LogP contribution in [-0.2, 0) is 23.4 Å². The molecule has 220 valence electrons. The number of carbonyl (C=O) groups excluding carboxylic acids is 1. The molecule has 1 aliphatic rings. The van der Waals surface area contributed by atoms with Crippen molar-refractivity contribution in [3.63, 3.8) is 0 Å². The Morgan fingerprint density at radius 3 is 2.61 bits per heavy atom. The van der Waals surface area contributed by atoms with Crippen LogP contribution in [0.3, 0.4) is 0 Å². The van der Waals surface area contributed by atoms with Crippen LogP contribution in [0.25, 0.3) is 10.4 Å². The Hall–Kier alpha value is -3.78. The summed E-state index contributed by atoms with van der Waals surface area (Å²) in [5.41, 5.74) is -1.75. The quantitative estimate of drug-likeness (QED) is 0.175. The standard InChI is InChI=1S/C25H28FN4O9PS/c1-14(2)37-22(33)15(3)29-40(35,39-17-7-5-16(6-8-17)19-11-27-13-41-19)36-12-18-21(32)25(4,26)23(38-18)30-10-9-20(31)28-24(30)34/h5-15,21,23,32H,1-4H3,(H,29,35)(H,28,31,34). The number of alkyl halides is 1. The van der Waals surface area contributed by atoms with Crippen molar-refractivity contribution in [1.29, 1.82) is 0 Å². The number of hydrogen-bond acceptors (Lipinski definition) is 11. The number of rotatable bonds is 10. The maximum atomic E-state index is 15.5. The molecule has 13 nitrogen and oxygen atoms in total. The molecule has 1 aliphatic heterocycles. The van der Waals surface area contributed by atoms with Crippen LogP contribution >= 0.6 is 19.1 Å². The Balaban J connectivity index is 1.60. The molecule has 5 unspecified atom stereocenters. The van der Waals surface area contributed by atoms with E-state index in [9.17, 15) is 24.1 Å². The average molecular weight is 611 g/mol. The molecular formula is C25H28FN4O9PS. The molecule has 3 N–H and O–H groups in total. The SMILES string of the molecule is CC(C)OC(=O)C(C)NP(=O)(OC=C1OC(n2ccc(=O)[nH]c2=O)C(C)(F)C1O)Oc1ccc(-c2cncs2)cc1. The van der Waals surface area contributed by atoms with Crippen LogP contribution in [0, 0.1) is 0 Å². The number of hydrogen-bond donors (Lipinski definition) is 3. The summed E-state index contributed by atoms with van der Waals surface area (Å²) >= 11 is 1.42. The number of ether oxygens (including phenoxy) is 2. The van der Waals surface area contributed by atoms with Crippen LogP contribution in [0.5, 0.6) is 5.75 Å². The number of nitrogens with one attached hydrogen (secondary N) is 2. The lowest BCUT2D eigenvalue weighted by molar-refractivity contribution is -0.149. The summed E-state index contributed by atoms with van der Waals surface area (Å²) in [6.07, 6.45) is -0.755. The molecule has 1 saturated heterocycles. The molecule has 0 bridgehead atoms. The molecule has 41 heavy (non-hydrogen) atoms. The smallest absolute Gasteiger partial charge is 0.465 e. The number of carbonyl (C=O) groups is 1. The zero-order valence-electron chi connectivity index (χ0n) is 22.3. The Labute approximate surface area is 237 Å². The van der Waals surface area contributed by atoms with E-state index >= 15 is 4.39 Å². The van der Waals surface area contributed by atoms with E-state index in [1.54, 1.807) is 37.7 Å². The largest absolute Gasteiger partial charge is 0.513 e. The first-order valence-electron chi connectivity index (χ1n) is 12.3. The molecule has 3 heterocycles. The number of benzene rings is 1. The van der Waals surface area contributed by atoms with E-state index in [-0.39, 0.29) is 5.75 Å². The second kappa shape index (κ2) is 12.0. The highest BCUT2D eigenvalue weighted by atomic mass is 32.1. The van der Waals surface area contributed by atoms with E-state index in [2.05, 4.69) is 10.1 Å². The number of halogens is 1. The molecule has 5 atom stereocenters. The third-order valence-corrected chi connectivity index (χ3v) is 8.16. The Kier molecular flexibility index (Phi) is 8.83. The van der Waals surface area contributed by atoms with Gasteiger partial charge in [0.25, 0.3) is 5.56 Å². The third-order valence-electron chi connectivity index (χ3n) is 5.80. The monoisotopic (exact) mass is 610 g/mol. The molecule has 0 spiro atoms. The molecule has 16 heteroatoms. The second-order valence-corrected chi connectivity index (χ2v) is 12.0. The van der Waals surface area contributed by atoms with Gasteiger partial charge in [-0.15, -0.1) is 11.3 Å². The first-order valence-corrected chi connectivity index (χ1v) is 14.7. The van der Waals surface area contributed by atoms with Gasteiger partial charge in [-0.25, -0.2) is 13.8 Å². The minimum Gasteiger partial charge on any atom is -0.465 e. The van der Waals surface area contributed by atoms with Crippen molar-refractivity contribution in [3.05, 3.63) is 81.1 Å². The van der Waals surface area contributed by atoms with Gasteiger partial charge in [-0.1, -0.05) is 0 Å². The molecular weight excluding hydrogens is 582 g/mol. The third kappa shape index (κ3) is 6.93. The van der Waals surface area contributed by atoms with Gasteiger partial charge in [0.1, 0.15) is 18.1 Å². The highest BCUT2D eigenvalue weighted by Gasteiger charge is 2.54. The van der Waals surface area contributed by atoms with Crippen LogP contribution in [0.1, 0.15) is 33.9 Å². The Morgan fingerprint density at radius 2 is 2.00 bits per heavy atom. The van der Waals surface area contributed by atoms with E-state index in [1.807, 2.05) is 4.98 Å². The van der Waals surface area contributed by atoms with E-state index in [1.165, 1.54) is 30.4 Å². The first-order chi connectivity index (χ1) is 19.3. The van der Waals surface area contributed by atoms with Gasteiger partial charge in [0, 0.05) is 18.5 Å². The maximum Gasteiger partial charge on any atom is 0.513 e. The van der Waals surface area contributed by atoms with Crippen molar-refractivity contribution < 1.29 is 37.4 Å². The molecule has 0 saturated carbocycles. The summed E-state index contributed by atoms with van der Waals surface area (Å²) in [6.45, 7) is 5.64. The summed E-state index contributed by atoms with van der Waals surface area (Å²) in [4.78, 5) is 42.9. The molecule has 0 amide bonds. The number of aromatic nitrogens is 3. The molecule has 3 aromatic rings. The minimum absolute atomic E-state index is 0.0952. The van der Waals surface area contributed by atoms with Crippen molar-refractivity contribution in [2.45, 2.75) is 57.8 Å². The van der Waals surface area contributed by atoms with Gasteiger partial charge in [-0.3, -0.25) is 24.1 Å². The second-order valence-electron chi connectivity index (χ2n) is 9.48. The number of aliphatic hydroxyl groups is 1. The van der Waals surface area contributed by atoms with Gasteiger partial charge in [0.05, 0.1) is 16.5 Å². The Morgan fingerprint density at radius 1 is 1.29 bits per heavy atom. The molecule has 1 fully saturated rings. The van der Waals surface area contributed by atoms with Gasteiger partial charge in [0.2, 0.25) is 6.23 Å². The van der Waals surface area contributed by atoms with Crippen molar-refractivity contribution in [3.8, 4) is 16.2 Å². The van der Waals surface area contributed by atoms with Crippen LogP contribution in [0.4, 0.5) is 4.39 Å². The lowest BCUT2D eigenvalue weighted by Gasteiger charge is -2.23. The number of nitrogens with zero attached hydrogens (tertiary/aromatic N) is 2. The van der Waals surface area contributed by atoms with Crippen molar-refractivity contribution in [2.75, 3.05) is 0 Å². The fourth-order valence-electron chi connectivity index (χ4n) is 3.76. The summed E-state index contributed by atoms with van der Waals surface area (Å²) in [5.74, 6) is -1.17. The Bertz CT molecular complexity index is 1570. The fraction of sp³-hybridized carbons (Fsp3) is 0.360. The fourth-order valence-corrected chi connectivity index (χ4v) is 5.76. The lowest BCUT2D eigenvalue weighted by Crippen LogP contribution is -2.42. The van der Waals surface area contributed by atoms with Crippen LogP contribution in [-0.4, -0.2) is 49.5 Å². The highest BCUT2D eigenvalue weighted by Crippen LogP contribution is 2.48. The predicted molar refractivity (Wildman–Crippen MR) is 146 cm³/mol.